The predicted octanol–water partition coefficient (Wildman–Crippen LogP) is 13.3. The quantitative estimate of drug-likeness (QED) is 0.0574. The van der Waals surface area contributed by atoms with Crippen molar-refractivity contribution in [3.63, 3.8) is 0 Å². The fraction of sp³-hybridized carbons (Fsp3) is 0.270. The van der Waals surface area contributed by atoms with E-state index < -0.39 is 29.3 Å². The van der Waals surface area contributed by atoms with Crippen LogP contribution in [0.15, 0.2) is 225 Å². The summed E-state index contributed by atoms with van der Waals surface area (Å²) in [6.45, 7) is 18.0. The van der Waals surface area contributed by atoms with Gasteiger partial charge in [-0.1, -0.05) is 132 Å². The molecule has 3 fully saturated rings. The van der Waals surface area contributed by atoms with Gasteiger partial charge in [0.2, 0.25) is 0 Å². The number of benzene rings is 7. The van der Waals surface area contributed by atoms with Crippen molar-refractivity contribution in [2.75, 3.05) is 113 Å². The average molecular weight is 1540 g/mol. The molecule has 0 unspecified atom stereocenters. The molecule has 0 bridgehead atoms. The first-order valence-electron chi connectivity index (χ1n) is 37.9. The number of piperazine rings is 3. The summed E-state index contributed by atoms with van der Waals surface area (Å²) in [4.78, 5) is 132. The Bertz CT molecular complexity index is 5430. The van der Waals surface area contributed by atoms with Gasteiger partial charge in [0.05, 0.1) is 84.2 Å². The van der Waals surface area contributed by atoms with Gasteiger partial charge in [0.25, 0.3) is 34.4 Å². The van der Waals surface area contributed by atoms with Crippen molar-refractivity contribution >= 4 is 96.7 Å². The zero-order valence-electron chi connectivity index (χ0n) is 64.0. The number of furan rings is 1. The summed E-state index contributed by atoms with van der Waals surface area (Å²) in [5, 5.41) is 4.32. The number of hydrogen-bond acceptors (Lipinski definition) is 17. The third-order valence-electron chi connectivity index (χ3n) is 20.4. The van der Waals surface area contributed by atoms with Gasteiger partial charge in [-0.3, -0.25) is 28.8 Å². The molecule has 0 atom stereocenters. The highest BCUT2D eigenvalue weighted by molar-refractivity contribution is 7.12. The number of amides is 3. The molecule has 0 radical (unpaired) electrons. The Morgan fingerprint density at radius 1 is 0.389 bits per heavy atom. The number of rotatable bonds is 18. The molecule has 0 saturated carbocycles. The maximum Gasteiger partial charge on any atom is 0.345 e. The second-order valence-corrected chi connectivity index (χ2v) is 28.8. The minimum Gasteiger partial charge on any atom is -0.462 e. The Morgan fingerprint density at radius 2 is 0.735 bits per heavy atom. The van der Waals surface area contributed by atoms with Crippen molar-refractivity contribution in [1.29, 1.82) is 0 Å². The van der Waals surface area contributed by atoms with Crippen molar-refractivity contribution in [2.24, 2.45) is 0 Å². The Morgan fingerprint density at radius 3 is 1.05 bits per heavy atom. The molecule has 15 rings (SSSR count). The molecule has 580 valence electrons. The number of carbonyl (C=O) groups excluding carboxylic acids is 6. The van der Waals surface area contributed by atoms with E-state index in [0.29, 0.717) is 131 Å². The average Bonchev–Trinajstić information content (AvgIpc) is 0.783. The number of anilines is 3. The van der Waals surface area contributed by atoms with Gasteiger partial charge in [0.15, 0.2) is 5.76 Å². The van der Waals surface area contributed by atoms with Gasteiger partial charge in [-0.2, -0.15) is 0 Å². The number of pyridine rings is 3. The molecule has 7 aromatic carbocycles. The maximum absolute atomic E-state index is 14.0. The van der Waals surface area contributed by atoms with E-state index in [0.717, 1.165) is 66.1 Å². The first kappa shape index (κ1) is 78.4. The summed E-state index contributed by atoms with van der Waals surface area (Å²) in [5.74, 6) is -2.36. The molecule has 0 N–H and O–H groups in total. The number of carbonyl (C=O) groups is 6. The largest absolute Gasteiger partial charge is 0.462 e. The molecule has 0 spiro atoms. The lowest BCUT2D eigenvalue weighted by Crippen LogP contribution is -2.49. The lowest BCUT2D eigenvalue weighted by Gasteiger charge is -2.37. The van der Waals surface area contributed by atoms with Gasteiger partial charge < -0.3 is 61.7 Å². The Balaban J connectivity index is 0.000000148. The zero-order valence-corrected chi connectivity index (χ0v) is 64.8. The first-order valence-corrected chi connectivity index (χ1v) is 38.8. The maximum atomic E-state index is 14.0. The van der Waals surface area contributed by atoms with Crippen LogP contribution >= 0.6 is 11.3 Å². The number of halogens is 1. The van der Waals surface area contributed by atoms with Crippen molar-refractivity contribution in [1.82, 2.24) is 28.4 Å². The zero-order chi connectivity index (χ0) is 79.4. The van der Waals surface area contributed by atoms with Crippen LogP contribution in [0.5, 0.6) is 0 Å². The number of thiophene rings is 1. The van der Waals surface area contributed by atoms with E-state index >= 15 is 0 Å². The van der Waals surface area contributed by atoms with E-state index in [1.54, 1.807) is 56.4 Å². The van der Waals surface area contributed by atoms with Crippen LogP contribution in [-0.2, 0) is 33.8 Å². The Kier molecular flexibility index (Phi) is 24.7. The molecule has 5 aromatic heterocycles. The number of aromatic nitrogens is 3. The monoisotopic (exact) mass is 1540 g/mol. The second-order valence-electron chi connectivity index (χ2n) is 27.8. The number of aryl methyl sites for hydroxylation is 3. The van der Waals surface area contributed by atoms with Crippen molar-refractivity contribution < 1.29 is 51.8 Å². The summed E-state index contributed by atoms with van der Waals surface area (Å²) >= 11 is 1.43. The summed E-state index contributed by atoms with van der Waals surface area (Å²) in [5.41, 5.74) is 9.17. The predicted molar refractivity (Wildman–Crippen MR) is 437 cm³/mol. The second kappa shape index (κ2) is 35.5. The molecule has 3 aliphatic heterocycles. The molecule has 3 saturated heterocycles. The molecular weight excluding hydrogens is 1450 g/mol. The standard InChI is InChI=1S/C31H30FN3O4.C29H29N3O5.C29H29N3O4S/c1-3-39-31(38)27-28(33-15-17-34(18-16-33)29(36)23-10-12-24(32)13-11-23)25-19-21(2)9-14-26(25)35(30(27)37)20-22-7-5-4-6-8-22;2*1-3-36-29(35)25-26(30-13-15-31(16-14-30)27(33)24-10-7-17-37-24)22-18-20(2)11-12-23(22)32(28(25)34)19-21-8-5-4-6-9-21/h4-14,19H,3,15-18,20H2,1-2H3;2*4-12,17-18H,3,13-16,19H2,1-2H3. The smallest absolute Gasteiger partial charge is 0.345 e. The third-order valence-corrected chi connectivity index (χ3v) is 21.2. The number of esters is 3. The first-order chi connectivity index (χ1) is 54.8. The fourth-order valence-corrected chi connectivity index (χ4v) is 15.6. The van der Waals surface area contributed by atoms with Crippen LogP contribution in [0.25, 0.3) is 32.7 Å². The minimum atomic E-state index is -0.660. The molecule has 22 nitrogen and oxygen atoms in total. The molecule has 24 heteroatoms. The van der Waals surface area contributed by atoms with Gasteiger partial charge in [-0.25, -0.2) is 18.8 Å². The van der Waals surface area contributed by atoms with Crippen LogP contribution in [0.4, 0.5) is 21.5 Å². The normalized spacial score (nSPS) is 13.6. The van der Waals surface area contributed by atoms with E-state index in [1.165, 1.54) is 41.9 Å². The fourth-order valence-electron chi connectivity index (χ4n) is 14.9. The van der Waals surface area contributed by atoms with Crippen LogP contribution in [0, 0.1) is 26.6 Å². The third kappa shape index (κ3) is 17.3. The lowest BCUT2D eigenvalue weighted by atomic mass is 10.0. The van der Waals surface area contributed by atoms with Gasteiger partial charge in [0.1, 0.15) is 22.5 Å². The molecule has 0 aliphatic carbocycles. The highest BCUT2D eigenvalue weighted by atomic mass is 32.1. The van der Waals surface area contributed by atoms with E-state index in [-0.39, 0.29) is 65.4 Å². The van der Waals surface area contributed by atoms with Crippen LogP contribution in [-0.4, -0.2) is 162 Å². The van der Waals surface area contributed by atoms with Crippen LogP contribution in [0.2, 0.25) is 0 Å². The molecule has 3 amide bonds. The highest BCUT2D eigenvalue weighted by Gasteiger charge is 2.35. The van der Waals surface area contributed by atoms with Crippen LogP contribution in [0.1, 0.15) is 116 Å². The number of ether oxygens (including phenoxy) is 3. The molecule has 113 heavy (non-hydrogen) atoms. The number of hydrogen-bond donors (Lipinski definition) is 0. The van der Waals surface area contributed by atoms with Crippen molar-refractivity contribution in [3.05, 3.63) is 309 Å². The van der Waals surface area contributed by atoms with Gasteiger partial charge in [-0.05, 0) is 142 Å². The SMILES string of the molecule is CCOC(=O)c1c(N2CCN(C(=O)c3ccc(F)cc3)CC2)c2cc(C)ccc2n(Cc2ccccc2)c1=O.CCOC(=O)c1c(N2CCN(C(=O)c3ccco3)CC2)c2cc(C)ccc2n(Cc2ccccc2)c1=O.CCOC(=O)c1c(N2CCN(C(=O)c3cccs3)CC2)c2cc(C)ccc2n(Cc2ccccc2)c1=O. The van der Waals surface area contributed by atoms with E-state index in [4.69, 9.17) is 18.6 Å². The molecule has 3 aliphatic rings. The van der Waals surface area contributed by atoms with Crippen LogP contribution < -0.4 is 31.4 Å². The molecule has 8 heterocycles. The summed E-state index contributed by atoms with van der Waals surface area (Å²) < 4.78 is 39.7. The molecule has 12 aromatic rings. The van der Waals surface area contributed by atoms with Crippen LogP contribution in [0.3, 0.4) is 0 Å². The van der Waals surface area contributed by atoms with E-state index in [2.05, 4.69) is 4.90 Å². The summed E-state index contributed by atoms with van der Waals surface area (Å²) in [6, 6.07) is 59.4. The Hall–Kier alpha value is -12.7. The van der Waals surface area contributed by atoms with Crippen molar-refractivity contribution in [2.45, 2.75) is 61.2 Å². The van der Waals surface area contributed by atoms with Gasteiger partial charge in [0, 0.05) is 100 Å². The number of nitrogens with zero attached hydrogens (tertiary/aromatic N) is 9. The van der Waals surface area contributed by atoms with E-state index in [9.17, 15) is 47.5 Å². The van der Waals surface area contributed by atoms with Crippen molar-refractivity contribution in [3.8, 4) is 0 Å². The highest BCUT2D eigenvalue weighted by Crippen LogP contribution is 2.36. The topological polar surface area (TPSA) is 229 Å². The van der Waals surface area contributed by atoms with E-state index in [1.807, 2.05) is 199 Å². The van der Waals surface area contributed by atoms with Gasteiger partial charge in [-0.15, -0.1) is 11.3 Å². The number of fused-ring (bicyclic) bond motifs is 3. The summed E-state index contributed by atoms with van der Waals surface area (Å²) in [6.07, 6.45) is 1.48. The Labute approximate surface area is 656 Å². The minimum absolute atomic E-state index is 0.00388. The van der Waals surface area contributed by atoms with Gasteiger partial charge >= 0.3 is 17.9 Å². The summed E-state index contributed by atoms with van der Waals surface area (Å²) in [7, 11) is 0. The molecular formula is C89H88FN9O13S. The lowest BCUT2D eigenvalue weighted by molar-refractivity contribution is 0.0514.